The van der Waals surface area contributed by atoms with Crippen LogP contribution in [0.2, 0.25) is 0 Å². The van der Waals surface area contributed by atoms with Gasteiger partial charge < -0.3 is 14.5 Å². The lowest BCUT2D eigenvalue weighted by Crippen LogP contribution is -2.34. The molecular formula is C30H34FN3O6S. The normalized spacial score (nSPS) is 11.2. The van der Waals surface area contributed by atoms with Gasteiger partial charge in [0, 0.05) is 14.6 Å². The van der Waals surface area contributed by atoms with Gasteiger partial charge in [0.25, 0.3) is 21.5 Å². The molecule has 11 heteroatoms. The number of carbonyl (C=O) groups excluding carboxylic acids is 1. The molecule has 0 bridgehead atoms. The van der Waals surface area contributed by atoms with E-state index >= 15 is 0 Å². The van der Waals surface area contributed by atoms with E-state index in [4.69, 9.17) is 9.47 Å². The third-order valence-corrected chi connectivity index (χ3v) is 7.54. The second-order valence-corrected chi connectivity index (χ2v) is 11.2. The molecule has 0 aliphatic carbocycles. The van der Waals surface area contributed by atoms with E-state index in [2.05, 4.69) is 9.97 Å². The summed E-state index contributed by atoms with van der Waals surface area (Å²) in [6, 6.07) is 13.4. The molecule has 4 rings (SSSR count). The summed E-state index contributed by atoms with van der Waals surface area (Å²) in [6.07, 6.45) is 2.98. The molecule has 9 nitrogen and oxygen atoms in total. The largest absolute Gasteiger partial charge is 0.491 e. The topological polar surface area (TPSA) is 127 Å². The van der Waals surface area contributed by atoms with Crippen LogP contribution in [0, 0.1) is 26.6 Å². The zero-order valence-corrected chi connectivity index (χ0v) is 23.9. The van der Waals surface area contributed by atoms with Gasteiger partial charge in [-0.2, -0.15) is 0 Å². The molecule has 0 radical (unpaired) electrons. The number of H-pyrrole nitrogens is 1. The van der Waals surface area contributed by atoms with Crippen molar-refractivity contribution < 1.29 is 29.9 Å². The Morgan fingerprint density at radius 2 is 1.80 bits per heavy atom. The number of sulfonamides is 1. The first-order valence-corrected chi connectivity index (χ1v) is 14.4. The fourth-order valence-electron chi connectivity index (χ4n) is 4.23. The van der Waals surface area contributed by atoms with Crippen molar-refractivity contribution in [3.63, 3.8) is 0 Å². The van der Waals surface area contributed by atoms with Gasteiger partial charge in [-0.15, -0.1) is 0 Å². The van der Waals surface area contributed by atoms with E-state index in [0.717, 1.165) is 35.6 Å². The van der Waals surface area contributed by atoms with E-state index in [9.17, 15) is 22.4 Å². The first-order valence-electron chi connectivity index (χ1n) is 12.9. The molecule has 0 saturated carbocycles. The highest BCUT2D eigenvalue weighted by atomic mass is 32.2. The maximum absolute atomic E-state index is 14.8. The summed E-state index contributed by atoms with van der Waals surface area (Å²) < 4.78 is 54.0. The van der Waals surface area contributed by atoms with Crippen LogP contribution in [0.1, 0.15) is 49.7 Å². The van der Waals surface area contributed by atoms with Crippen LogP contribution in [0.3, 0.4) is 0 Å². The third-order valence-electron chi connectivity index (χ3n) is 6.19. The minimum Gasteiger partial charge on any atom is -0.491 e. The average Bonchev–Trinajstić information content (AvgIpc) is 2.91. The van der Waals surface area contributed by atoms with Crippen molar-refractivity contribution in [2.75, 3.05) is 6.61 Å². The molecule has 0 aliphatic heterocycles. The summed E-state index contributed by atoms with van der Waals surface area (Å²) in [5.74, 6) is -1.29. The van der Waals surface area contributed by atoms with Gasteiger partial charge >= 0.3 is 0 Å². The van der Waals surface area contributed by atoms with Crippen molar-refractivity contribution in [2.45, 2.75) is 45.4 Å². The van der Waals surface area contributed by atoms with Crippen LogP contribution in [0.4, 0.5) is 4.39 Å². The minimum absolute atomic E-state index is 0. The number of pyridine rings is 2. The lowest BCUT2D eigenvalue weighted by atomic mass is 10.1. The van der Waals surface area contributed by atoms with Crippen LogP contribution in [-0.4, -0.2) is 30.9 Å². The van der Waals surface area contributed by atoms with Crippen LogP contribution in [0.25, 0.3) is 11.3 Å². The van der Waals surface area contributed by atoms with E-state index in [1.54, 1.807) is 6.07 Å². The summed E-state index contributed by atoms with van der Waals surface area (Å²) >= 11 is 0. The zero-order chi connectivity index (χ0) is 29.7. The Hall–Kier alpha value is -4.51. The van der Waals surface area contributed by atoms with E-state index in [0.29, 0.717) is 17.9 Å². The highest BCUT2D eigenvalue weighted by Gasteiger charge is 2.25. The van der Waals surface area contributed by atoms with E-state index in [-0.39, 0.29) is 25.7 Å². The molecule has 0 fully saturated rings. The fourth-order valence-corrected chi connectivity index (χ4v) is 5.25. The molecule has 2 heterocycles. The van der Waals surface area contributed by atoms with Crippen molar-refractivity contribution in [3.05, 3.63) is 99.2 Å². The summed E-state index contributed by atoms with van der Waals surface area (Å²) in [4.78, 5) is 31.4. The number of unbranched alkanes of at least 4 members (excludes halogenated alkanes) is 1. The predicted octanol–water partition coefficient (Wildman–Crippen LogP) is 6.08. The van der Waals surface area contributed by atoms with Crippen LogP contribution in [0.5, 0.6) is 17.4 Å². The predicted molar refractivity (Wildman–Crippen MR) is 157 cm³/mol. The summed E-state index contributed by atoms with van der Waals surface area (Å²) in [5, 5.41) is 0. The maximum Gasteiger partial charge on any atom is 0.270 e. The van der Waals surface area contributed by atoms with Crippen molar-refractivity contribution in [3.8, 4) is 28.6 Å². The molecule has 0 spiro atoms. The molecule has 0 saturated heterocycles. The number of nitrogens with zero attached hydrogens (tertiary/aromatic N) is 1. The van der Waals surface area contributed by atoms with Gasteiger partial charge in [-0.25, -0.2) is 22.5 Å². The number of aromatic nitrogens is 2. The van der Waals surface area contributed by atoms with Crippen LogP contribution in [-0.2, 0) is 10.0 Å². The lowest BCUT2D eigenvalue weighted by Gasteiger charge is -2.16. The van der Waals surface area contributed by atoms with Gasteiger partial charge in [-0.05, 0) is 80.8 Å². The van der Waals surface area contributed by atoms with Gasteiger partial charge in [0.05, 0.1) is 12.3 Å². The number of nitrogens with one attached hydrogen (secondary N) is 2. The molecule has 1 amide bonds. The molecule has 2 N–H and O–H groups in total. The second kappa shape index (κ2) is 12.3. The summed E-state index contributed by atoms with van der Waals surface area (Å²) in [5.41, 5.74) is 2.12. The molecule has 2 aromatic heterocycles. The first kappa shape index (κ1) is 29.5. The second-order valence-electron chi connectivity index (χ2n) is 9.52. The highest BCUT2D eigenvalue weighted by Crippen LogP contribution is 2.33. The van der Waals surface area contributed by atoms with E-state index < -0.39 is 32.2 Å². The Labute approximate surface area is 240 Å². The molecule has 2 aromatic carbocycles. The standard InChI is InChI=1S/C30H30FN3O6S.2H2/c1-5-6-14-39-25-12-9-21(17-23(25)31)24-11-10-22(28(35)34-41(37,38)26-8-7-13-32-29(26)36)30(33-24)40-27-19(3)15-18(2)16-20(27)4;;/h7-13,15-17H,5-6,14H2,1-4H3,(H,32,36)(H,34,35);2*1H. The first-order chi connectivity index (χ1) is 19.5. The number of benzene rings is 2. The highest BCUT2D eigenvalue weighted by molar-refractivity contribution is 7.90. The maximum atomic E-state index is 14.8. The van der Waals surface area contributed by atoms with Crippen LogP contribution >= 0.6 is 0 Å². The number of ether oxygens (including phenoxy) is 2. The molecular weight excluding hydrogens is 549 g/mol. The van der Waals surface area contributed by atoms with Crippen molar-refractivity contribution in [1.82, 2.24) is 14.7 Å². The number of rotatable bonds is 10. The quantitative estimate of drug-likeness (QED) is 0.217. The third kappa shape index (κ3) is 6.80. The molecule has 0 atom stereocenters. The Morgan fingerprint density at radius 3 is 2.46 bits per heavy atom. The Bertz CT molecular complexity index is 1760. The van der Waals surface area contributed by atoms with Gasteiger partial charge in [0.15, 0.2) is 16.5 Å². The van der Waals surface area contributed by atoms with Crippen molar-refractivity contribution in [1.29, 1.82) is 0 Å². The Kier molecular flexibility index (Phi) is 8.87. The van der Waals surface area contributed by atoms with E-state index in [1.807, 2.05) is 44.5 Å². The van der Waals surface area contributed by atoms with Gasteiger partial charge in [0.1, 0.15) is 11.3 Å². The number of hydrogen-bond acceptors (Lipinski definition) is 7. The molecule has 218 valence electrons. The molecule has 0 aliphatic rings. The SMILES string of the molecule is CCCCOc1ccc(-c2ccc(C(=O)NS(=O)(=O)c3ccc[nH]c3=O)c(Oc3c(C)cc(C)cc3C)n2)cc1F.[HH].[HH]. The number of halogens is 1. The number of hydrogen-bond donors (Lipinski definition) is 2. The van der Waals surface area contributed by atoms with Gasteiger partial charge in [-0.1, -0.05) is 31.0 Å². The number of carbonyl (C=O) groups is 1. The van der Waals surface area contributed by atoms with Gasteiger partial charge in [-0.3, -0.25) is 9.59 Å². The van der Waals surface area contributed by atoms with Gasteiger partial charge in [0.2, 0.25) is 5.88 Å². The molecule has 0 unspecified atom stereocenters. The number of aromatic amines is 1. The van der Waals surface area contributed by atoms with E-state index in [1.165, 1.54) is 36.5 Å². The molecule has 41 heavy (non-hydrogen) atoms. The zero-order valence-electron chi connectivity index (χ0n) is 23.1. The minimum atomic E-state index is -4.52. The smallest absolute Gasteiger partial charge is 0.270 e. The van der Waals surface area contributed by atoms with Crippen molar-refractivity contribution in [2.24, 2.45) is 0 Å². The average molecular weight is 584 g/mol. The molecule has 4 aromatic rings. The Balaban J connectivity index is 0.00000323. The van der Waals surface area contributed by atoms with Crippen LogP contribution < -0.4 is 19.8 Å². The van der Waals surface area contributed by atoms with Crippen molar-refractivity contribution >= 4 is 15.9 Å². The summed E-state index contributed by atoms with van der Waals surface area (Å²) in [7, 11) is -4.52. The fraction of sp³-hybridized carbons (Fsp3) is 0.233. The number of amides is 1. The Morgan fingerprint density at radius 1 is 1.07 bits per heavy atom. The number of aryl methyl sites for hydroxylation is 3. The lowest BCUT2D eigenvalue weighted by molar-refractivity contribution is 0.0978. The monoisotopic (exact) mass is 583 g/mol. The summed E-state index contributed by atoms with van der Waals surface area (Å²) in [6.45, 7) is 7.99. The van der Waals surface area contributed by atoms with Crippen LogP contribution in [0.15, 0.2) is 70.5 Å².